The van der Waals surface area contributed by atoms with E-state index in [4.69, 9.17) is 5.73 Å². The van der Waals surface area contributed by atoms with Crippen molar-refractivity contribution in [1.29, 1.82) is 0 Å². The highest BCUT2D eigenvalue weighted by atomic mass is 16.2. The van der Waals surface area contributed by atoms with Crippen molar-refractivity contribution in [2.24, 2.45) is 5.73 Å². The fraction of sp³-hybridized carbons (Fsp3) is 0.500. The molecule has 7 heteroatoms. The molecule has 1 aromatic carbocycles. The largest absolute Gasteiger partial charge is 0.368 e. The minimum absolute atomic E-state index is 0.131. The first-order chi connectivity index (χ1) is 12.1. The number of amides is 4. The number of fused-ring (bicyclic) bond motifs is 1. The second-order valence-corrected chi connectivity index (χ2v) is 6.92. The number of carbonyl (C=O) groups excluding carboxylic acids is 3. The molecule has 25 heavy (non-hydrogen) atoms. The van der Waals surface area contributed by atoms with Crippen LogP contribution in [-0.2, 0) is 9.59 Å². The molecule has 2 N–H and O–H groups in total. The lowest BCUT2D eigenvalue weighted by Gasteiger charge is -2.28. The normalized spacial score (nSPS) is 26.3. The third-order valence-electron chi connectivity index (χ3n) is 5.45. The van der Waals surface area contributed by atoms with E-state index in [0.717, 1.165) is 37.9 Å². The molecule has 4 amide bonds. The van der Waals surface area contributed by atoms with E-state index in [9.17, 15) is 14.4 Å². The molecular weight excluding hydrogens is 320 g/mol. The Balaban J connectivity index is 1.61. The molecule has 1 aromatic rings. The molecule has 3 aliphatic rings. The van der Waals surface area contributed by atoms with Gasteiger partial charge in [0.05, 0.1) is 6.04 Å². The van der Waals surface area contributed by atoms with Gasteiger partial charge in [-0.15, -0.1) is 0 Å². The zero-order valence-electron chi connectivity index (χ0n) is 14.1. The van der Waals surface area contributed by atoms with Gasteiger partial charge < -0.3 is 15.5 Å². The maximum atomic E-state index is 12.7. The summed E-state index contributed by atoms with van der Waals surface area (Å²) in [5, 5.41) is 0. The van der Waals surface area contributed by atoms with Crippen LogP contribution in [-0.4, -0.2) is 47.9 Å². The van der Waals surface area contributed by atoms with Crippen LogP contribution in [0.15, 0.2) is 24.3 Å². The summed E-state index contributed by atoms with van der Waals surface area (Å²) in [7, 11) is 0. The molecule has 2 atom stereocenters. The van der Waals surface area contributed by atoms with E-state index in [1.807, 2.05) is 12.1 Å². The number of urea groups is 1. The van der Waals surface area contributed by atoms with Gasteiger partial charge in [-0.25, -0.2) is 4.79 Å². The number of carbonyl (C=O) groups is 3. The van der Waals surface area contributed by atoms with Crippen molar-refractivity contribution < 1.29 is 14.4 Å². The number of rotatable bonds is 3. The van der Waals surface area contributed by atoms with Crippen LogP contribution in [0.25, 0.3) is 0 Å². The average Bonchev–Trinajstić information content (AvgIpc) is 3.18. The Hall–Kier alpha value is -2.57. The topological polar surface area (TPSA) is 86.9 Å². The van der Waals surface area contributed by atoms with Gasteiger partial charge in [-0.05, 0) is 49.9 Å². The van der Waals surface area contributed by atoms with Crippen LogP contribution in [0.3, 0.4) is 0 Å². The maximum Gasteiger partial charge on any atom is 0.325 e. The summed E-state index contributed by atoms with van der Waals surface area (Å²) in [5.41, 5.74) is 7.08. The van der Waals surface area contributed by atoms with Crippen LogP contribution in [0.2, 0.25) is 0 Å². The molecular formula is C18H22N4O3. The number of anilines is 2. The Labute approximate surface area is 146 Å². The van der Waals surface area contributed by atoms with Crippen LogP contribution in [0.5, 0.6) is 0 Å². The Bertz CT molecular complexity index is 718. The summed E-state index contributed by atoms with van der Waals surface area (Å²) in [5.74, 6) is -0.343. The first kappa shape index (κ1) is 15.9. The van der Waals surface area contributed by atoms with E-state index in [1.165, 1.54) is 4.90 Å². The van der Waals surface area contributed by atoms with E-state index >= 15 is 0 Å². The van der Waals surface area contributed by atoms with Crippen molar-refractivity contribution in [3.63, 3.8) is 0 Å². The average molecular weight is 342 g/mol. The number of primary amides is 1. The molecule has 0 bridgehead atoms. The van der Waals surface area contributed by atoms with Gasteiger partial charge in [-0.2, -0.15) is 0 Å². The highest BCUT2D eigenvalue weighted by molar-refractivity contribution is 6.04. The van der Waals surface area contributed by atoms with Crippen LogP contribution >= 0.6 is 0 Å². The number of hydrogen-bond acceptors (Lipinski definition) is 3. The fourth-order valence-electron chi connectivity index (χ4n) is 4.25. The summed E-state index contributed by atoms with van der Waals surface area (Å²) in [6.07, 6.45) is 4.22. The van der Waals surface area contributed by atoms with Gasteiger partial charge in [0.15, 0.2) is 0 Å². The van der Waals surface area contributed by atoms with Crippen molar-refractivity contribution in [1.82, 2.24) is 4.90 Å². The number of nitrogens with two attached hydrogens (primary N) is 1. The zero-order chi connectivity index (χ0) is 17.6. The molecule has 132 valence electrons. The summed E-state index contributed by atoms with van der Waals surface area (Å²) >= 11 is 0. The number of piperidine rings is 1. The third kappa shape index (κ3) is 2.54. The van der Waals surface area contributed by atoms with E-state index in [-0.39, 0.29) is 18.0 Å². The van der Waals surface area contributed by atoms with Crippen molar-refractivity contribution in [2.45, 2.75) is 44.2 Å². The second-order valence-electron chi connectivity index (χ2n) is 6.92. The zero-order valence-corrected chi connectivity index (χ0v) is 14.1. The molecule has 7 nitrogen and oxygen atoms in total. The number of nitrogens with zero attached hydrogens (tertiary/aromatic N) is 3. The van der Waals surface area contributed by atoms with Gasteiger partial charge in [0, 0.05) is 30.9 Å². The van der Waals surface area contributed by atoms with Crippen molar-refractivity contribution in [2.75, 3.05) is 22.9 Å². The van der Waals surface area contributed by atoms with E-state index in [0.29, 0.717) is 18.7 Å². The first-order valence-corrected chi connectivity index (χ1v) is 8.87. The lowest BCUT2D eigenvalue weighted by Crippen LogP contribution is -2.46. The van der Waals surface area contributed by atoms with Gasteiger partial charge in [0.25, 0.3) is 0 Å². The monoisotopic (exact) mass is 342 g/mol. The third-order valence-corrected chi connectivity index (χ3v) is 5.45. The van der Waals surface area contributed by atoms with Gasteiger partial charge >= 0.3 is 6.03 Å². The fourth-order valence-corrected chi connectivity index (χ4v) is 4.25. The number of benzene rings is 1. The van der Waals surface area contributed by atoms with Crippen LogP contribution in [0.4, 0.5) is 16.2 Å². The standard InChI is InChI=1S/C18H22N4O3/c19-17(24)16-14-4-3-11-21(14)18(25)22(16)13-8-6-12(7-9-13)20-10-2-1-5-15(20)23/h6-9,14,16H,1-5,10-11H2,(H2,19,24)/t14-,16?/m1/s1. The highest BCUT2D eigenvalue weighted by Crippen LogP contribution is 2.36. The molecule has 0 radical (unpaired) electrons. The second kappa shape index (κ2) is 6.06. The smallest absolute Gasteiger partial charge is 0.325 e. The van der Waals surface area contributed by atoms with Gasteiger partial charge in [0.2, 0.25) is 11.8 Å². The maximum absolute atomic E-state index is 12.7. The van der Waals surface area contributed by atoms with Crippen LogP contribution in [0, 0.1) is 0 Å². The molecule has 4 rings (SSSR count). The van der Waals surface area contributed by atoms with Crippen molar-refractivity contribution in [3.8, 4) is 0 Å². The van der Waals surface area contributed by atoms with Crippen LogP contribution < -0.4 is 15.5 Å². The van der Waals surface area contributed by atoms with Gasteiger partial charge in [-0.3, -0.25) is 14.5 Å². The SMILES string of the molecule is NC(=O)C1[C@H]2CCCN2C(=O)N1c1ccc(N2CCCCC2=O)cc1. The minimum atomic E-state index is -0.627. The van der Waals surface area contributed by atoms with E-state index in [1.54, 1.807) is 21.9 Å². The van der Waals surface area contributed by atoms with Crippen molar-refractivity contribution >= 4 is 29.2 Å². The van der Waals surface area contributed by atoms with Crippen LogP contribution in [0.1, 0.15) is 32.1 Å². The molecule has 0 aliphatic carbocycles. The van der Waals surface area contributed by atoms with E-state index < -0.39 is 11.9 Å². The lowest BCUT2D eigenvalue weighted by atomic mass is 10.0. The van der Waals surface area contributed by atoms with Gasteiger partial charge in [-0.1, -0.05) is 0 Å². The molecule has 3 saturated heterocycles. The molecule has 3 heterocycles. The van der Waals surface area contributed by atoms with Gasteiger partial charge in [0.1, 0.15) is 6.04 Å². The Kier molecular flexibility index (Phi) is 3.86. The Morgan fingerprint density at radius 2 is 1.72 bits per heavy atom. The quantitative estimate of drug-likeness (QED) is 0.902. The minimum Gasteiger partial charge on any atom is -0.368 e. The summed E-state index contributed by atoms with van der Waals surface area (Å²) in [6.45, 7) is 1.39. The summed E-state index contributed by atoms with van der Waals surface area (Å²) < 4.78 is 0. The summed E-state index contributed by atoms with van der Waals surface area (Å²) in [4.78, 5) is 41.8. The van der Waals surface area contributed by atoms with E-state index in [2.05, 4.69) is 0 Å². The molecule has 0 spiro atoms. The Morgan fingerprint density at radius 3 is 2.40 bits per heavy atom. The molecule has 3 fully saturated rings. The number of hydrogen-bond donors (Lipinski definition) is 1. The predicted molar refractivity (Wildman–Crippen MR) is 93.2 cm³/mol. The summed E-state index contributed by atoms with van der Waals surface area (Å²) in [6, 6.07) is 6.36. The first-order valence-electron chi connectivity index (χ1n) is 8.87. The molecule has 1 unspecified atom stereocenters. The lowest BCUT2D eigenvalue weighted by molar-refractivity contribution is -0.120. The molecule has 0 aromatic heterocycles. The highest BCUT2D eigenvalue weighted by Gasteiger charge is 2.51. The molecule has 0 saturated carbocycles. The predicted octanol–water partition coefficient (Wildman–Crippen LogP) is 1.46. The Morgan fingerprint density at radius 1 is 1.00 bits per heavy atom. The van der Waals surface area contributed by atoms with Crippen molar-refractivity contribution in [3.05, 3.63) is 24.3 Å². The molecule has 3 aliphatic heterocycles.